The molecular formula is C12H24N2O3. The first kappa shape index (κ1) is 14.4. The lowest BCUT2D eigenvalue weighted by Crippen LogP contribution is -2.33. The van der Waals surface area contributed by atoms with E-state index in [1.807, 2.05) is 0 Å². The van der Waals surface area contributed by atoms with E-state index in [0.29, 0.717) is 38.7 Å². The Bertz CT molecular complexity index is 206. The molecule has 0 aromatic heterocycles. The molecule has 0 bridgehead atoms. The van der Waals surface area contributed by atoms with Crippen molar-refractivity contribution in [1.29, 1.82) is 0 Å². The van der Waals surface area contributed by atoms with Gasteiger partial charge < -0.3 is 20.1 Å². The SMILES string of the molecule is COCCOCCNC(=O)CC1CCNCC1. The second-order valence-corrected chi connectivity index (χ2v) is 4.35. The van der Waals surface area contributed by atoms with Crippen molar-refractivity contribution < 1.29 is 14.3 Å². The van der Waals surface area contributed by atoms with Crippen LogP contribution in [0.1, 0.15) is 19.3 Å². The summed E-state index contributed by atoms with van der Waals surface area (Å²) in [6.45, 7) is 4.41. The van der Waals surface area contributed by atoms with Crippen LogP contribution >= 0.6 is 0 Å². The van der Waals surface area contributed by atoms with Gasteiger partial charge in [0.1, 0.15) is 0 Å². The van der Waals surface area contributed by atoms with E-state index in [9.17, 15) is 4.79 Å². The highest BCUT2D eigenvalue weighted by Gasteiger charge is 2.16. The van der Waals surface area contributed by atoms with Crippen LogP contribution in [-0.4, -0.2) is 52.5 Å². The van der Waals surface area contributed by atoms with Gasteiger partial charge in [0.2, 0.25) is 5.91 Å². The smallest absolute Gasteiger partial charge is 0.220 e. The van der Waals surface area contributed by atoms with Gasteiger partial charge in [0.15, 0.2) is 0 Å². The van der Waals surface area contributed by atoms with Gasteiger partial charge in [-0.1, -0.05) is 0 Å². The Labute approximate surface area is 103 Å². The molecule has 0 atom stereocenters. The first-order valence-electron chi connectivity index (χ1n) is 6.37. The molecule has 1 amide bonds. The van der Waals surface area contributed by atoms with Crippen LogP contribution in [0, 0.1) is 5.92 Å². The van der Waals surface area contributed by atoms with E-state index in [1.165, 1.54) is 0 Å². The third-order valence-electron chi connectivity index (χ3n) is 2.93. The van der Waals surface area contributed by atoms with Gasteiger partial charge in [-0.25, -0.2) is 0 Å². The summed E-state index contributed by atoms with van der Waals surface area (Å²) in [5, 5.41) is 6.18. The van der Waals surface area contributed by atoms with Crippen molar-refractivity contribution in [1.82, 2.24) is 10.6 Å². The van der Waals surface area contributed by atoms with Gasteiger partial charge >= 0.3 is 0 Å². The number of methoxy groups -OCH3 is 1. The van der Waals surface area contributed by atoms with E-state index in [2.05, 4.69) is 10.6 Å². The standard InChI is InChI=1S/C12H24N2O3/c1-16-8-9-17-7-6-14-12(15)10-11-2-4-13-5-3-11/h11,13H,2-10H2,1H3,(H,14,15). The summed E-state index contributed by atoms with van der Waals surface area (Å²) in [5.41, 5.74) is 0. The zero-order valence-corrected chi connectivity index (χ0v) is 10.7. The van der Waals surface area contributed by atoms with E-state index in [0.717, 1.165) is 25.9 Å². The van der Waals surface area contributed by atoms with Crippen LogP contribution in [0.25, 0.3) is 0 Å². The monoisotopic (exact) mass is 244 g/mol. The van der Waals surface area contributed by atoms with Gasteiger partial charge in [-0.3, -0.25) is 4.79 Å². The fourth-order valence-corrected chi connectivity index (χ4v) is 1.93. The fourth-order valence-electron chi connectivity index (χ4n) is 1.93. The van der Waals surface area contributed by atoms with Crippen molar-refractivity contribution in [2.45, 2.75) is 19.3 Å². The zero-order valence-electron chi connectivity index (χ0n) is 10.7. The highest BCUT2D eigenvalue weighted by molar-refractivity contribution is 5.76. The molecule has 0 aromatic carbocycles. The lowest BCUT2D eigenvalue weighted by atomic mass is 9.94. The topological polar surface area (TPSA) is 59.6 Å². The molecule has 5 heteroatoms. The lowest BCUT2D eigenvalue weighted by Gasteiger charge is -2.21. The number of ether oxygens (including phenoxy) is 2. The van der Waals surface area contributed by atoms with E-state index in [1.54, 1.807) is 7.11 Å². The van der Waals surface area contributed by atoms with E-state index in [4.69, 9.17) is 9.47 Å². The Kier molecular flexibility index (Phi) is 7.96. The summed E-state index contributed by atoms with van der Waals surface area (Å²) >= 11 is 0. The normalized spacial score (nSPS) is 17.0. The fraction of sp³-hybridized carbons (Fsp3) is 0.917. The Morgan fingerprint density at radius 2 is 2.06 bits per heavy atom. The van der Waals surface area contributed by atoms with Gasteiger partial charge in [-0.2, -0.15) is 0 Å². The minimum atomic E-state index is 0.146. The van der Waals surface area contributed by atoms with Crippen molar-refractivity contribution in [2.75, 3.05) is 46.6 Å². The quantitative estimate of drug-likeness (QED) is 0.597. The zero-order chi connectivity index (χ0) is 12.3. The molecule has 17 heavy (non-hydrogen) atoms. The average molecular weight is 244 g/mol. The molecule has 1 saturated heterocycles. The molecule has 1 aliphatic heterocycles. The molecule has 0 radical (unpaired) electrons. The number of rotatable bonds is 8. The first-order valence-corrected chi connectivity index (χ1v) is 6.37. The minimum absolute atomic E-state index is 0.146. The Hall–Kier alpha value is -0.650. The number of hydrogen-bond donors (Lipinski definition) is 2. The molecule has 2 N–H and O–H groups in total. The highest BCUT2D eigenvalue weighted by atomic mass is 16.5. The summed E-state index contributed by atoms with van der Waals surface area (Å²) in [6.07, 6.45) is 2.87. The number of carbonyl (C=O) groups is 1. The molecule has 1 rings (SSSR count). The van der Waals surface area contributed by atoms with Gasteiger partial charge in [0.05, 0.1) is 19.8 Å². The predicted octanol–water partition coefficient (Wildman–Crippen LogP) is 0.155. The van der Waals surface area contributed by atoms with Gasteiger partial charge in [0.25, 0.3) is 0 Å². The van der Waals surface area contributed by atoms with E-state index >= 15 is 0 Å². The van der Waals surface area contributed by atoms with Crippen molar-refractivity contribution in [3.8, 4) is 0 Å². The largest absolute Gasteiger partial charge is 0.382 e. The molecule has 0 aliphatic carbocycles. The van der Waals surface area contributed by atoms with Crippen molar-refractivity contribution in [3.05, 3.63) is 0 Å². The minimum Gasteiger partial charge on any atom is -0.382 e. The van der Waals surface area contributed by atoms with Crippen LogP contribution in [0.2, 0.25) is 0 Å². The maximum absolute atomic E-state index is 11.6. The number of hydrogen-bond acceptors (Lipinski definition) is 4. The summed E-state index contributed by atoms with van der Waals surface area (Å²) < 4.78 is 10.1. The van der Waals surface area contributed by atoms with Gasteiger partial charge in [-0.05, 0) is 31.8 Å². The van der Waals surface area contributed by atoms with Crippen LogP contribution in [-0.2, 0) is 14.3 Å². The van der Waals surface area contributed by atoms with Crippen LogP contribution < -0.4 is 10.6 Å². The van der Waals surface area contributed by atoms with Crippen LogP contribution in [0.5, 0.6) is 0 Å². The number of carbonyl (C=O) groups excluding carboxylic acids is 1. The summed E-state index contributed by atoms with van der Waals surface area (Å²) in [6, 6.07) is 0. The lowest BCUT2D eigenvalue weighted by molar-refractivity contribution is -0.122. The molecule has 0 aromatic rings. The number of nitrogens with one attached hydrogen (secondary N) is 2. The van der Waals surface area contributed by atoms with E-state index in [-0.39, 0.29) is 5.91 Å². The van der Waals surface area contributed by atoms with Crippen molar-refractivity contribution >= 4 is 5.91 Å². The second-order valence-electron chi connectivity index (χ2n) is 4.35. The van der Waals surface area contributed by atoms with Crippen LogP contribution in [0.15, 0.2) is 0 Å². The van der Waals surface area contributed by atoms with E-state index < -0.39 is 0 Å². The average Bonchev–Trinajstić information content (AvgIpc) is 2.35. The molecule has 0 spiro atoms. The Balaban J connectivity index is 1.93. The molecule has 0 unspecified atom stereocenters. The third kappa shape index (κ3) is 7.31. The van der Waals surface area contributed by atoms with Crippen molar-refractivity contribution in [2.24, 2.45) is 5.92 Å². The molecule has 100 valence electrons. The Morgan fingerprint density at radius 3 is 2.76 bits per heavy atom. The Morgan fingerprint density at radius 1 is 1.29 bits per heavy atom. The summed E-state index contributed by atoms with van der Waals surface area (Å²) in [4.78, 5) is 11.6. The van der Waals surface area contributed by atoms with Gasteiger partial charge in [0, 0.05) is 20.1 Å². The number of piperidine rings is 1. The highest BCUT2D eigenvalue weighted by Crippen LogP contribution is 2.15. The van der Waals surface area contributed by atoms with Crippen LogP contribution in [0.4, 0.5) is 0 Å². The molecular weight excluding hydrogens is 220 g/mol. The number of amides is 1. The predicted molar refractivity (Wildman–Crippen MR) is 65.9 cm³/mol. The molecule has 1 aliphatic rings. The van der Waals surface area contributed by atoms with Gasteiger partial charge in [-0.15, -0.1) is 0 Å². The molecule has 1 heterocycles. The molecule has 0 saturated carbocycles. The van der Waals surface area contributed by atoms with Crippen molar-refractivity contribution in [3.63, 3.8) is 0 Å². The second kappa shape index (κ2) is 9.39. The maximum Gasteiger partial charge on any atom is 0.220 e. The van der Waals surface area contributed by atoms with Crippen LogP contribution in [0.3, 0.4) is 0 Å². The third-order valence-corrected chi connectivity index (χ3v) is 2.93. The molecule has 1 fully saturated rings. The summed E-state index contributed by atoms with van der Waals surface area (Å²) in [5.74, 6) is 0.693. The maximum atomic E-state index is 11.6. The molecule has 5 nitrogen and oxygen atoms in total. The first-order chi connectivity index (χ1) is 8.33. The summed E-state index contributed by atoms with van der Waals surface area (Å²) in [7, 11) is 1.64.